The van der Waals surface area contributed by atoms with Crippen LogP contribution in [0.2, 0.25) is 0 Å². The Morgan fingerprint density at radius 2 is 2.12 bits per heavy atom. The zero-order chi connectivity index (χ0) is 11.5. The van der Waals surface area contributed by atoms with Gasteiger partial charge in [0.15, 0.2) is 0 Å². The van der Waals surface area contributed by atoms with Crippen LogP contribution in [0.25, 0.3) is 0 Å². The maximum absolute atomic E-state index is 12.1. The molecule has 0 unspecified atom stereocenters. The number of benzene rings is 1. The molecule has 0 bridgehead atoms. The van der Waals surface area contributed by atoms with Crippen molar-refractivity contribution in [2.45, 2.75) is 17.6 Å². The van der Waals surface area contributed by atoms with Crippen LogP contribution in [-0.2, 0) is 23.6 Å². The fourth-order valence-electron chi connectivity index (χ4n) is 1.44. The fourth-order valence-corrected chi connectivity index (χ4v) is 2.75. The van der Waals surface area contributed by atoms with E-state index in [0.717, 1.165) is 16.3 Å². The Hall–Kier alpha value is -1.49. The maximum Gasteiger partial charge on any atom is 0.145 e. The third-order valence-electron chi connectivity index (χ3n) is 2.40. The van der Waals surface area contributed by atoms with Crippen molar-refractivity contribution in [1.29, 1.82) is 0 Å². The minimum atomic E-state index is -1.06. The zero-order valence-corrected chi connectivity index (χ0v) is 10.1. The molecule has 84 valence electrons. The van der Waals surface area contributed by atoms with Crippen LogP contribution >= 0.6 is 0 Å². The molecule has 1 atom stereocenters. The van der Waals surface area contributed by atoms with Gasteiger partial charge in [-0.25, -0.2) is 0 Å². The molecule has 0 spiro atoms. The van der Waals surface area contributed by atoms with Gasteiger partial charge in [-0.3, -0.25) is 4.21 Å². The van der Waals surface area contributed by atoms with Gasteiger partial charge in [0.05, 0.1) is 16.6 Å². The van der Waals surface area contributed by atoms with Crippen LogP contribution in [0.1, 0.15) is 11.4 Å². The predicted molar refractivity (Wildman–Crippen MR) is 62.3 cm³/mol. The molecular weight excluding hydrogens is 222 g/mol. The van der Waals surface area contributed by atoms with Gasteiger partial charge < -0.3 is 4.57 Å². The van der Waals surface area contributed by atoms with Gasteiger partial charge in [-0.2, -0.15) is 0 Å². The highest BCUT2D eigenvalue weighted by Crippen LogP contribution is 2.14. The molecule has 4 nitrogen and oxygen atoms in total. The Balaban J connectivity index is 2.22. The quantitative estimate of drug-likeness (QED) is 0.808. The Morgan fingerprint density at radius 1 is 1.38 bits per heavy atom. The minimum Gasteiger partial charge on any atom is -0.320 e. The highest BCUT2D eigenvalue weighted by Gasteiger charge is 2.10. The fraction of sp³-hybridized carbons (Fsp3) is 0.273. The van der Waals surface area contributed by atoms with Crippen molar-refractivity contribution in [3.05, 3.63) is 42.0 Å². The number of hydrogen-bond donors (Lipinski definition) is 0. The highest BCUT2D eigenvalue weighted by atomic mass is 32.2. The van der Waals surface area contributed by atoms with Crippen LogP contribution in [0, 0.1) is 6.92 Å². The summed E-state index contributed by atoms with van der Waals surface area (Å²) < 4.78 is 13.9. The van der Waals surface area contributed by atoms with Gasteiger partial charge in [-0.05, 0) is 18.6 Å². The maximum atomic E-state index is 12.1. The van der Waals surface area contributed by atoms with Gasteiger partial charge >= 0.3 is 0 Å². The molecule has 1 aromatic carbocycles. The van der Waals surface area contributed by atoms with Crippen molar-refractivity contribution in [1.82, 2.24) is 14.8 Å². The van der Waals surface area contributed by atoms with Crippen LogP contribution in [0.3, 0.4) is 0 Å². The predicted octanol–water partition coefficient (Wildman–Crippen LogP) is 1.43. The van der Waals surface area contributed by atoms with Crippen LogP contribution in [0.5, 0.6) is 0 Å². The molecule has 0 N–H and O–H groups in total. The van der Waals surface area contributed by atoms with E-state index in [-0.39, 0.29) is 0 Å². The normalized spacial score (nSPS) is 12.6. The zero-order valence-electron chi connectivity index (χ0n) is 9.25. The molecule has 2 rings (SSSR count). The molecule has 5 heteroatoms. The summed E-state index contributed by atoms with van der Waals surface area (Å²) in [4.78, 5) is 0.866. The molecule has 0 fully saturated rings. The first-order valence-electron chi connectivity index (χ1n) is 4.95. The SMILES string of the molecule is Cc1ccccc1[S@@](=O)Cc1nncn1C. The summed E-state index contributed by atoms with van der Waals surface area (Å²) in [5.41, 5.74) is 1.04. The first kappa shape index (κ1) is 11.0. The Bertz CT molecular complexity index is 521. The second-order valence-electron chi connectivity index (χ2n) is 3.61. The molecular formula is C11H13N3OS. The molecule has 0 saturated heterocycles. The molecule has 0 saturated carbocycles. The third kappa shape index (κ3) is 2.19. The molecule has 0 aliphatic carbocycles. The van der Waals surface area contributed by atoms with E-state index in [1.807, 2.05) is 38.2 Å². The lowest BCUT2D eigenvalue weighted by Gasteiger charge is -2.04. The van der Waals surface area contributed by atoms with Crippen molar-refractivity contribution in [3.63, 3.8) is 0 Å². The summed E-state index contributed by atoms with van der Waals surface area (Å²) in [7, 11) is 0.794. The van der Waals surface area contributed by atoms with E-state index in [1.54, 1.807) is 10.9 Å². The molecule has 1 aromatic heterocycles. The summed E-state index contributed by atoms with van der Waals surface area (Å²) in [6.45, 7) is 1.96. The average molecular weight is 235 g/mol. The van der Waals surface area contributed by atoms with Crippen LogP contribution < -0.4 is 0 Å². The van der Waals surface area contributed by atoms with Crippen LogP contribution in [-0.4, -0.2) is 19.0 Å². The Kier molecular flexibility index (Phi) is 3.14. The van der Waals surface area contributed by atoms with Crippen molar-refractivity contribution < 1.29 is 4.21 Å². The second kappa shape index (κ2) is 4.57. The number of aryl methyl sites for hydroxylation is 2. The smallest absolute Gasteiger partial charge is 0.145 e. The van der Waals surface area contributed by atoms with E-state index in [1.165, 1.54) is 0 Å². The topological polar surface area (TPSA) is 47.8 Å². The molecule has 2 aromatic rings. The van der Waals surface area contributed by atoms with E-state index in [9.17, 15) is 4.21 Å². The van der Waals surface area contributed by atoms with Crippen molar-refractivity contribution >= 4 is 10.8 Å². The summed E-state index contributed by atoms with van der Waals surface area (Å²) in [6.07, 6.45) is 1.62. The lowest BCUT2D eigenvalue weighted by atomic mass is 10.2. The number of aromatic nitrogens is 3. The van der Waals surface area contributed by atoms with Crippen LogP contribution in [0.4, 0.5) is 0 Å². The monoisotopic (exact) mass is 235 g/mol. The van der Waals surface area contributed by atoms with E-state index < -0.39 is 10.8 Å². The van der Waals surface area contributed by atoms with Crippen molar-refractivity contribution in [2.24, 2.45) is 7.05 Å². The molecule has 0 amide bonds. The second-order valence-corrected chi connectivity index (χ2v) is 5.03. The first-order chi connectivity index (χ1) is 7.68. The lowest BCUT2D eigenvalue weighted by molar-refractivity contribution is 0.679. The average Bonchev–Trinajstić information content (AvgIpc) is 2.65. The molecule has 0 aliphatic rings. The van der Waals surface area contributed by atoms with E-state index >= 15 is 0 Å². The largest absolute Gasteiger partial charge is 0.320 e. The van der Waals surface area contributed by atoms with Gasteiger partial charge in [-0.15, -0.1) is 10.2 Å². The van der Waals surface area contributed by atoms with Crippen molar-refractivity contribution in [3.8, 4) is 0 Å². The first-order valence-corrected chi connectivity index (χ1v) is 6.27. The summed E-state index contributed by atoms with van der Waals surface area (Å²) in [6, 6.07) is 7.70. The summed E-state index contributed by atoms with van der Waals surface area (Å²) in [5.74, 6) is 1.14. The summed E-state index contributed by atoms with van der Waals surface area (Å²) >= 11 is 0. The van der Waals surface area contributed by atoms with Gasteiger partial charge in [0.25, 0.3) is 0 Å². The van der Waals surface area contributed by atoms with Gasteiger partial charge in [-0.1, -0.05) is 18.2 Å². The van der Waals surface area contributed by atoms with Crippen LogP contribution in [0.15, 0.2) is 35.5 Å². The molecule has 0 aliphatic heterocycles. The lowest BCUT2D eigenvalue weighted by Crippen LogP contribution is -2.04. The summed E-state index contributed by atoms with van der Waals surface area (Å²) in [5, 5.41) is 7.70. The third-order valence-corrected chi connectivity index (χ3v) is 3.87. The number of nitrogens with zero attached hydrogens (tertiary/aromatic N) is 3. The highest BCUT2D eigenvalue weighted by molar-refractivity contribution is 7.84. The van der Waals surface area contributed by atoms with E-state index in [2.05, 4.69) is 10.2 Å². The van der Waals surface area contributed by atoms with Crippen molar-refractivity contribution in [2.75, 3.05) is 0 Å². The van der Waals surface area contributed by atoms with Gasteiger partial charge in [0, 0.05) is 11.9 Å². The standard InChI is InChI=1S/C11H13N3OS/c1-9-5-3-4-6-10(9)16(15)7-11-13-12-8-14(11)2/h3-6,8H,7H2,1-2H3/t16-/m0/s1. The number of hydrogen-bond acceptors (Lipinski definition) is 3. The van der Waals surface area contributed by atoms with Gasteiger partial charge in [0.1, 0.15) is 12.2 Å². The van der Waals surface area contributed by atoms with Gasteiger partial charge in [0.2, 0.25) is 0 Å². The molecule has 0 radical (unpaired) electrons. The Morgan fingerprint density at radius 3 is 2.75 bits per heavy atom. The Labute approximate surface area is 96.8 Å². The molecule has 1 heterocycles. The van der Waals surface area contributed by atoms with E-state index in [0.29, 0.717) is 5.75 Å². The number of rotatable bonds is 3. The van der Waals surface area contributed by atoms with E-state index in [4.69, 9.17) is 0 Å². The molecule has 16 heavy (non-hydrogen) atoms. The minimum absolute atomic E-state index is 0.404.